The highest BCUT2D eigenvalue weighted by Crippen LogP contribution is 2.34. The maximum atomic E-state index is 14.9. The van der Waals surface area contributed by atoms with Gasteiger partial charge >= 0.3 is 5.69 Å². The van der Waals surface area contributed by atoms with Gasteiger partial charge in [-0.25, -0.2) is 9.18 Å². The van der Waals surface area contributed by atoms with E-state index >= 15 is 0 Å². The Morgan fingerprint density at radius 2 is 1.74 bits per heavy atom. The van der Waals surface area contributed by atoms with Crippen molar-refractivity contribution in [3.63, 3.8) is 0 Å². The predicted molar refractivity (Wildman–Crippen MR) is 167 cm³/mol. The first-order chi connectivity index (χ1) is 20.7. The molecule has 3 heterocycles. The molecule has 6 rings (SSSR count). The van der Waals surface area contributed by atoms with E-state index in [0.29, 0.717) is 24.2 Å². The Morgan fingerprint density at radius 1 is 1.00 bits per heavy atom. The van der Waals surface area contributed by atoms with Gasteiger partial charge in [-0.05, 0) is 82.0 Å². The van der Waals surface area contributed by atoms with Crippen molar-refractivity contribution < 1.29 is 9.18 Å². The fourth-order valence-corrected chi connectivity index (χ4v) is 5.56. The summed E-state index contributed by atoms with van der Waals surface area (Å²) in [6, 6.07) is 10.8. The van der Waals surface area contributed by atoms with Crippen LogP contribution < -0.4 is 32.8 Å². The summed E-state index contributed by atoms with van der Waals surface area (Å²) in [6.45, 7) is 8.10. The lowest BCUT2D eigenvalue weighted by molar-refractivity contribution is -0.117. The summed E-state index contributed by atoms with van der Waals surface area (Å²) in [6.07, 6.45) is 3.00. The monoisotopic (exact) mass is 588 g/mol. The molecule has 3 N–H and O–H groups in total. The van der Waals surface area contributed by atoms with Crippen molar-refractivity contribution in [2.24, 2.45) is 7.05 Å². The van der Waals surface area contributed by atoms with E-state index in [0.717, 1.165) is 24.9 Å². The first kappa shape index (κ1) is 30.0. The Hall–Kier alpha value is -4.51. The molecule has 43 heavy (non-hydrogen) atoms. The van der Waals surface area contributed by atoms with Crippen molar-refractivity contribution in [1.82, 2.24) is 19.0 Å². The van der Waals surface area contributed by atoms with Crippen LogP contribution in [-0.4, -0.2) is 32.2 Å². The lowest BCUT2D eigenvalue weighted by Gasteiger charge is -2.21. The summed E-state index contributed by atoms with van der Waals surface area (Å²) in [5, 5.41) is 9.14. The second kappa shape index (κ2) is 12.0. The van der Waals surface area contributed by atoms with Crippen LogP contribution in [0.15, 0.2) is 56.8 Å². The highest BCUT2D eigenvalue weighted by atomic mass is 19.1. The normalized spacial score (nSPS) is 16.1. The summed E-state index contributed by atoms with van der Waals surface area (Å²) in [5.74, 6) is -0.623. The quantitative estimate of drug-likeness (QED) is 0.307. The number of fused-ring (bicyclic) bond motifs is 1. The maximum Gasteiger partial charge on any atom is 0.336 e. The first-order valence-electron chi connectivity index (χ1n) is 14.7. The summed E-state index contributed by atoms with van der Waals surface area (Å²) in [7, 11) is 1.51. The van der Waals surface area contributed by atoms with Gasteiger partial charge in [0.2, 0.25) is 5.91 Å². The van der Waals surface area contributed by atoms with Crippen LogP contribution in [0.25, 0.3) is 16.6 Å². The van der Waals surface area contributed by atoms with Gasteiger partial charge in [0.05, 0.1) is 22.9 Å². The van der Waals surface area contributed by atoms with Gasteiger partial charge in [-0.1, -0.05) is 26.0 Å². The van der Waals surface area contributed by atoms with Gasteiger partial charge in [0.25, 0.3) is 11.1 Å². The van der Waals surface area contributed by atoms with Crippen molar-refractivity contribution in [2.45, 2.75) is 65.5 Å². The number of hydrogen-bond donors (Lipinski definition) is 3. The van der Waals surface area contributed by atoms with E-state index in [1.54, 1.807) is 50.2 Å². The van der Waals surface area contributed by atoms with Gasteiger partial charge in [-0.2, -0.15) is 0 Å². The number of nitrogens with one attached hydrogen (secondary N) is 3. The fourth-order valence-electron chi connectivity index (χ4n) is 5.56. The predicted octanol–water partition coefficient (Wildman–Crippen LogP) is 4.40. The molecule has 4 aromatic rings. The van der Waals surface area contributed by atoms with Gasteiger partial charge in [0.15, 0.2) is 0 Å². The number of rotatable bonds is 6. The molecule has 2 aromatic carbocycles. The minimum atomic E-state index is -0.574. The van der Waals surface area contributed by atoms with E-state index in [1.807, 2.05) is 13.8 Å². The molecule has 2 aliphatic rings. The molecule has 1 aliphatic carbocycles. The molecule has 0 radical (unpaired) electrons. The molecular formula is C32H37FN6O4. The minimum Gasteiger partial charge on any atom is -0.338 e. The van der Waals surface area contributed by atoms with Crippen LogP contribution in [-0.2, 0) is 11.8 Å². The summed E-state index contributed by atoms with van der Waals surface area (Å²) in [5.41, 5.74) is 0.440. The van der Waals surface area contributed by atoms with E-state index in [9.17, 15) is 23.6 Å². The molecule has 1 aliphatic heterocycles. The Kier molecular flexibility index (Phi) is 8.36. The van der Waals surface area contributed by atoms with Crippen molar-refractivity contribution in [1.29, 1.82) is 0 Å². The summed E-state index contributed by atoms with van der Waals surface area (Å²) in [4.78, 5) is 54.2. The molecule has 1 saturated carbocycles. The van der Waals surface area contributed by atoms with Crippen LogP contribution in [0.1, 0.15) is 56.7 Å². The van der Waals surface area contributed by atoms with E-state index in [1.165, 1.54) is 26.8 Å². The van der Waals surface area contributed by atoms with Crippen molar-refractivity contribution in [2.75, 3.05) is 17.2 Å². The molecule has 2 fully saturated rings. The number of amides is 1. The van der Waals surface area contributed by atoms with Gasteiger partial charge in [-0.15, -0.1) is 0 Å². The molecule has 2 aromatic heterocycles. The Morgan fingerprint density at radius 3 is 2.40 bits per heavy atom. The van der Waals surface area contributed by atoms with Crippen LogP contribution in [0.5, 0.6) is 0 Å². The first-order valence-corrected chi connectivity index (χ1v) is 14.7. The average molecular weight is 589 g/mol. The molecule has 10 nitrogen and oxygen atoms in total. The number of hydrogen-bond acceptors (Lipinski definition) is 6. The van der Waals surface area contributed by atoms with E-state index in [2.05, 4.69) is 16.0 Å². The van der Waals surface area contributed by atoms with Crippen molar-refractivity contribution in [3.8, 4) is 5.69 Å². The number of benzene rings is 2. The number of carbonyl (C=O) groups is 1. The molecule has 0 bridgehead atoms. The standard InChI is InChI=1S/C30H31FN6O4.C2H6/c1-16-9-12-22(21(31)14-16)34-26-24-25(17(2)28(39)35(26)3)36(30(41)37(29(24)40)19-10-11-19)20-7-4-6-18(15-20)33-27(38)23-8-5-13-32-23;1-2/h4,6-7,9,12,14-15,19,23,32,34H,5,8,10-11,13H2,1-3H3,(H,33,38);1-2H3. The molecule has 11 heteroatoms. The van der Waals surface area contributed by atoms with Crippen LogP contribution in [0, 0.1) is 19.7 Å². The zero-order chi connectivity index (χ0) is 31.0. The van der Waals surface area contributed by atoms with Crippen LogP contribution >= 0.6 is 0 Å². The Bertz CT molecular complexity index is 1900. The van der Waals surface area contributed by atoms with Crippen molar-refractivity contribution in [3.05, 3.63) is 90.6 Å². The topological polar surface area (TPSA) is 119 Å². The lowest BCUT2D eigenvalue weighted by atomic mass is 10.1. The lowest BCUT2D eigenvalue weighted by Crippen LogP contribution is -2.41. The number of aryl methyl sites for hydroxylation is 2. The highest BCUT2D eigenvalue weighted by Gasteiger charge is 2.32. The number of nitrogens with zero attached hydrogens (tertiary/aromatic N) is 3. The average Bonchev–Trinajstić information content (AvgIpc) is 3.66. The number of pyridine rings is 1. The zero-order valence-corrected chi connectivity index (χ0v) is 25.1. The van der Waals surface area contributed by atoms with E-state index in [-0.39, 0.29) is 46.0 Å². The van der Waals surface area contributed by atoms with Gasteiger partial charge in [0.1, 0.15) is 17.0 Å². The molecule has 226 valence electrons. The smallest absolute Gasteiger partial charge is 0.336 e. The SMILES string of the molecule is CC.Cc1ccc(Nc2c3c(=O)n(C4CC4)c(=O)n(-c4cccc(NC(=O)C5CCCN5)c4)c3c(C)c(=O)n2C)c(F)c1. The van der Waals surface area contributed by atoms with Gasteiger partial charge in [-0.3, -0.25) is 28.1 Å². The Labute approximate surface area is 248 Å². The number of carbonyl (C=O) groups excluding carboxylic acids is 1. The van der Waals surface area contributed by atoms with Gasteiger partial charge in [0, 0.05) is 24.3 Å². The van der Waals surface area contributed by atoms with E-state index in [4.69, 9.17) is 0 Å². The molecule has 0 spiro atoms. The Balaban J connectivity index is 0.00000180. The molecule has 1 unspecified atom stereocenters. The molecular weight excluding hydrogens is 551 g/mol. The molecule has 1 amide bonds. The highest BCUT2D eigenvalue weighted by molar-refractivity contribution is 5.96. The van der Waals surface area contributed by atoms with Crippen LogP contribution in [0.4, 0.5) is 21.6 Å². The third-order valence-electron chi connectivity index (χ3n) is 7.88. The van der Waals surface area contributed by atoms with Crippen LogP contribution in [0.3, 0.4) is 0 Å². The molecule has 1 saturated heterocycles. The summed E-state index contributed by atoms with van der Waals surface area (Å²) >= 11 is 0. The zero-order valence-electron chi connectivity index (χ0n) is 25.1. The third-order valence-corrected chi connectivity index (χ3v) is 7.88. The fraction of sp³-hybridized carbons (Fsp3) is 0.375. The molecule has 1 atom stereocenters. The largest absolute Gasteiger partial charge is 0.338 e. The number of aromatic nitrogens is 3. The maximum absolute atomic E-state index is 14.9. The minimum absolute atomic E-state index is 0.0864. The van der Waals surface area contributed by atoms with Crippen molar-refractivity contribution >= 4 is 34.0 Å². The second-order valence-electron chi connectivity index (χ2n) is 10.9. The summed E-state index contributed by atoms with van der Waals surface area (Å²) < 4.78 is 18.8. The third kappa shape index (κ3) is 5.52. The van der Waals surface area contributed by atoms with E-state index < -0.39 is 22.6 Å². The van der Waals surface area contributed by atoms with Gasteiger partial charge < -0.3 is 16.0 Å². The van der Waals surface area contributed by atoms with Crippen LogP contribution in [0.2, 0.25) is 0 Å². The number of anilines is 3. The second-order valence-corrected chi connectivity index (χ2v) is 10.9. The number of halogens is 1.